The Morgan fingerprint density at radius 2 is 1.70 bits per heavy atom. The molecule has 0 aromatic heterocycles. The summed E-state index contributed by atoms with van der Waals surface area (Å²) in [5.41, 5.74) is 0.375. The fraction of sp³-hybridized carbons (Fsp3) is 0.571. The summed E-state index contributed by atoms with van der Waals surface area (Å²) in [5, 5.41) is 3.11. The molecule has 23 heavy (non-hydrogen) atoms. The highest BCUT2D eigenvalue weighted by Crippen LogP contribution is 2.19. The molecule has 0 radical (unpaired) electrons. The van der Waals surface area contributed by atoms with E-state index in [1.54, 1.807) is 0 Å². The minimum Gasteiger partial charge on any atom is -0.314 e. The zero-order chi connectivity index (χ0) is 16.9. The Balaban J connectivity index is 2.10. The van der Waals surface area contributed by atoms with Crippen molar-refractivity contribution < 1.29 is 16.8 Å². The first kappa shape index (κ1) is 18.2. The van der Waals surface area contributed by atoms with Gasteiger partial charge in [-0.25, -0.2) is 16.8 Å². The summed E-state index contributed by atoms with van der Waals surface area (Å²) < 4.78 is 52.6. The monoisotopic (exact) mass is 361 g/mol. The number of hydrogen-bond donors (Lipinski definition) is 2. The minimum absolute atomic E-state index is 0.0598. The minimum atomic E-state index is -3.52. The van der Waals surface area contributed by atoms with E-state index in [2.05, 4.69) is 10.0 Å². The molecule has 0 unspecified atom stereocenters. The topological polar surface area (TPSA) is 95.6 Å². The lowest BCUT2D eigenvalue weighted by Crippen LogP contribution is -2.46. The predicted octanol–water partition coefficient (Wildman–Crippen LogP) is 0.822. The van der Waals surface area contributed by atoms with Gasteiger partial charge in [-0.15, -0.1) is 0 Å². The van der Waals surface area contributed by atoms with Crippen LogP contribution >= 0.6 is 0 Å². The third-order valence-electron chi connectivity index (χ3n) is 3.61. The van der Waals surface area contributed by atoms with Crippen LogP contribution in [0.5, 0.6) is 0 Å². The Kier molecular flexibility index (Phi) is 6.01. The van der Waals surface area contributed by atoms with E-state index in [1.807, 2.05) is 6.92 Å². The molecule has 1 saturated heterocycles. The molecule has 7 nitrogen and oxygen atoms in total. The Morgan fingerprint density at radius 3 is 2.26 bits per heavy atom. The maximum atomic E-state index is 12.5. The number of rotatable bonds is 7. The molecule has 2 rings (SSSR count). The maximum Gasteiger partial charge on any atom is 0.243 e. The fourth-order valence-electron chi connectivity index (χ4n) is 2.29. The van der Waals surface area contributed by atoms with Gasteiger partial charge in [-0.05, 0) is 30.7 Å². The van der Waals surface area contributed by atoms with Gasteiger partial charge >= 0.3 is 0 Å². The van der Waals surface area contributed by atoms with Gasteiger partial charge in [0.15, 0.2) is 0 Å². The van der Waals surface area contributed by atoms with Crippen molar-refractivity contribution in [1.29, 1.82) is 0 Å². The second-order valence-electron chi connectivity index (χ2n) is 5.45. The number of nitrogens with zero attached hydrogens (tertiary/aromatic N) is 1. The Labute approximate surface area is 138 Å². The van der Waals surface area contributed by atoms with Gasteiger partial charge < -0.3 is 5.32 Å². The normalized spacial score (nSPS) is 17.1. The molecule has 2 N–H and O–H groups in total. The summed E-state index contributed by atoms with van der Waals surface area (Å²) in [7, 11) is -6.90. The number of unbranched alkanes of at least 4 members (excludes halogenated alkanes) is 1. The lowest BCUT2D eigenvalue weighted by atomic mass is 10.3. The van der Waals surface area contributed by atoms with Crippen LogP contribution in [0, 0.1) is 0 Å². The van der Waals surface area contributed by atoms with Gasteiger partial charge in [0.05, 0.1) is 10.6 Å². The zero-order valence-electron chi connectivity index (χ0n) is 13.2. The third-order valence-corrected chi connectivity index (χ3v) is 6.89. The van der Waals surface area contributed by atoms with Gasteiger partial charge in [0.2, 0.25) is 20.0 Å². The van der Waals surface area contributed by atoms with Crippen molar-refractivity contribution in [2.45, 2.75) is 24.7 Å². The van der Waals surface area contributed by atoms with Crippen molar-refractivity contribution in [3.8, 4) is 0 Å². The van der Waals surface area contributed by atoms with Crippen molar-refractivity contribution in [3.63, 3.8) is 0 Å². The van der Waals surface area contributed by atoms with Crippen LogP contribution < -0.4 is 10.0 Å². The van der Waals surface area contributed by atoms with Gasteiger partial charge in [0.1, 0.15) is 0 Å². The maximum absolute atomic E-state index is 12.5. The van der Waals surface area contributed by atoms with Gasteiger partial charge in [0.25, 0.3) is 0 Å². The third kappa shape index (κ3) is 4.90. The highest BCUT2D eigenvalue weighted by Gasteiger charge is 2.25. The first-order valence-corrected chi connectivity index (χ1v) is 10.8. The number of sulfonamides is 2. The summed E-state index contributed by atoms with van der Waals surface area (Å²) >= 11 is 0. The van der Waals surface area contributed by atoms with Crippen LogP contribution in [0.2, 0.25) is 0 Å². The van der Waals surface area contributed by atoms with Crippen LogP contribution in [0.25, 0.3) is 0 Å². The lowest BCUT2D eigenvalue weighted by Gasteiger charge is -2.26. The molecule has 0 atom stereocenters. The van der Waals surface area contributed by atoms with Crippen molar-refractivity contribution in [2.24, 2.45) is 0 Å². The zero-order valence-corrected chi connectivity index (χ0v) is 14.8. The molecule has 130 valence electrons. The molecule has 1 aromatic carbocycles. The first-order chi connectivity index (χ1) is 10.8. The summed E-state index contributed by atoms with van der Waals surface area (Å²) in [6.07, 6.45) is 1.38. The molecule has 9 heteroatoms. The van der Waals surface area contributed by atoms with Crippen LogP contribution in [-0.4, -0.2) is 53.1 Å². The van der Waals surface area contributed by atoms with E-state index in [0.717, 1.165) is 6.42 Å². The smallest absolute Gasteiger partial charge is 0.243 e. The van der Waals surface area contributed by atoms with Crippen molar-refractivity contribution in [1.82, 2.24) is 9.62 Å². The first-order valence-electron chi connectivity index (χ1n) is 7.66. The van der Waals surface area contributed by atoms with E-state index in [1.165, 1.54) is 28.6 Å². The van der Waals surface area contributed by atoms with Crippen molar-refractivity contribution in [3.05, 3.63) is 24.3 Å². The highest BCUT2D eigenvalue weighted by molar-refractivity contribution is 7.92. The molecule has 0 aliphatic carbocycles. The summed E-state index contributed by atoms with van der Waals surface area (Å²) in [4.78, 5) is 0.177. The standard InChI is InChI=1S/C14H23N3O4S2/c1-2-3-12-22(18,19)16-13-4-6-14(7-5-13)23(20,21)17-10-8-15-9-11-17/h4-7,15-16H,2-3,8-12H2,1H3. The van der Waals surface area contributed by atoms with Gasteiger partial charge in [-0.1, -0.05) is 13.3 Å². The average Bonchev–Trinajstić information content (AvgIpc) is 2.54. The highest BCUT2D eigenvalue weighted by atomic mass is 32.2. The molecule has 0 bridgehead atoms. The summed E-state index contributed by atoms with van der Waals surface area (Å²) in [6, 6.07) is 5.85. The van der Waals surface area contributed by atoms with Crippen LogP contribution in [0.3, 0.4) is 0 Å². The molecule has 1 aromatic rings. The molecular formula is C14H23N3O4S2. The molecular weight excluding hydrogens is 338 g/mol. The number of nitrogens with one attached hydrogen (secondary N) is 2. The number of hydrogen-bond acceptors (Lipinski definition) is 5. The summed E-state index contributed by atoms with van der Waals surface area (Å²) in [6.45, 7) is 4.07. The van der Waals surface area contributed by atoms with Crippen LogP contribution in [0.15, 0.2) is 29.2 Å². The van der Waals surface area contributed by atoms with Crippen LogP contribution in [0.1, 0.15) is 19.8 Å². The molecule has 0 saturated carbocycles. The van der Waals surface area contributed by atoms with Crippen LogP contribution in [-0.2, 0) is 20.0 Å². The van der Waals surface area contributed by atoms with Gasteiger partial charge in [-0.3, -0.25) is 4.72 Å². The molecule has 0 amide bonds. The Hall–Kier alpha value is -1.16. The molecule has 1 heterocycles. The average molecular weight is 361 g/mol. The Morgan fingerprint density at radius 1 is 1.09 bits per heavy atom. The molecule has 1 aliphatic rings. The lowest BCUT2D eigenvalue weighted by molar-refractivity contribution is 0.360. The molecule has 1 fully saturated rings. The van der Waals surface area contributed by atoms with E-state index >= 15 is 0 Å². The predicted molar refractivity (Wildman–Crippen MR) is 90.4 cm³/mol. The van der Waals surface area contributed by atoms with E-state index in [0.29, 0.717) is 38.3 Å². The molecule has 0 spiro atoms. The van der Waals surface area contributed by atoms with E-state index in [4.69, 9.17) is 0 Å². The number of benzene rings is 1. The number of anilines is 1. The largest absolute Gasteiger partial charge is 0.314 e. The quantitative estimate of drug-likeness (QED) is 0.750. The van der Waals surface area contributed by atoms with E-state index < -0.39 is 20.0 Å². The van der Waals surface area contributed by atoms with Gasteiger partial charge in [-0.2, -0.15) is 4.31 Å². The second-order valence-corrected chi connectivity index (χ2v) is 9.23. The second kappa shape index (κ2) is 7.61. The van der Waals surface area contributed by atoms with Crippen molar-refractivity contribution in [2.75, 3.05) is 36.7 Å². The Bertz CT molecular complexity index is 709. The van der Waals surface area contributed by atoms with E-state index in [-0.39, 0.29) is 10.6 Å². The SMILES string of the molecule is CCCCS(=O)(=O)Nc1ccc(S(=O)(=O)N2CCNCC2)cc1. The summed E-state index contributed by atoms with van der Waals surface area (Å²) in [5.74, 6) is 0.0598. The molecule has 1 aliphatic heterocycles. The van der Waals surface area contributed by atoms with Gasteiger partial charge in [0, 0.05) is 31.9 Å². The van der Waals surface area contributed by atoms with Crippen LogP contribution in [0.4, 0.5) is 5.69 Å². The van der Waals surface area contributed by atoms with E-state index in [9.17, 15) is 16.8 Å². The fourth-order valence-corrected chi connectivity index (χ4v) is 5.00. The van der Waals surface area contributed by atoms with Crippen molar-refractivity contribution >= 4 is 25.7 Å². The number of piperazine rings is 1.